The lowest BCUT2D eigenvalue weighted by Crippen LogP contribution is -2.12. The summed E-state index contributed by atoms with van der Waals surface area (Å²) in [6.07, 6.45) is 0. The lowest BCUT2D eigenvalue weighted by atomic mass is 10.3. The maximum atomic E-state index is 10.9. The largest absolute Gasteiger partial charge is 0.475 e. The number of carbonyl (C=O) groups excluding carboxylic acids is 1. The van der Waals surface area contributed by atoms with E-state index in [2.05, 4.69) is 0 Å². The van der Waals surface area contributed by atoms with Gasteiger partial charge >= 0.3 is 5.97 Å². The van der Waals surface area contributed by atoms with E-state index in [4.69, 9.17) is 16.7 Å². The van der Waals surface area contributed by atoms with E-state index in [1.54, 1.807) is 12.1 Å². The van der Waals surface area contributed by atoms with E-state index in [0.29, 0.717) is 0 Å². The molecule has 0 heterocycles. The standard InChI is InChI=1S/C8H5ClO3/c9-6-4-2-1-3-5(6)7(10)8(11)12/h1-4H,(H,11,12)/i7+1. The Morgan fingerprint density at radius 3 is 2.33 bits per heavy atom. The third-order valence-corrected chi connectivity index (χ3v) is 1.64. The number of Topliss-reactive ketones (excluding diaryl/α,β-unsaturated/α-hetero) is 1. The van der Waals surface area contributed by atoms with Gasteiger partial charge in [-0.2, -0.15) is 0 Å². The SMILES string of the molecule is O=C(O)[13C](=O)c1ccccc1Cl. The number of rotatable bonds is 2. The van der Waals surface area contributed by atoms with Crippen LogP contribution < -0.4 is 0 Å². The van der Waals surface area contributed by atoms with Gasteiger partial charge in [0.25, 0.3) is 5.78 Å². The minimum Gasteiger partial charge on any atom is -0.475 e. The van der Waals surface area contributed by atoms with E-state index in [1.807, 2.05) is 0 Å². The van der Waals surface area contributed by atoms with Crippen molar-refractivity contribution in [3.63, 3.8) is 0 Å². The number of benzene rings is 1. The summed E-state index contributed by atoms with van der Waals surface area (Å²) >= 11 is 5.58. The molecule has 0 amide bonds. The summed E-state index contributed by atoms with van der Waals surface area (Å²) in [5, 5.41) is 8.51. The summed E-state index contributed by atoms with van der Waals surface area (Å²) in [6, 6.07) is 6.03. The zero-order chi connectivity index (χ0) is 9.14. The van der Waals surface area contributed by atoms with Gasteiger partial charge in [-0.3, -0.25) is 4.79 Å². The van der Waals surface area contributed by atoms with E-state index in [-0.39, 0.29) is 10.6 Å². The van der Waals surface area contributed by atoms with Crippen LogP contribution in [-0.2, 0) is 4.79 Å². The van der Waals surface area contributed by atoms with Crippen LogP contribution in [0.4, 0.5) is 0 Å². The molecule has 0 aliphatic carbocycles. The number of carboxylic acid groups (broad SMARTS) is 1. The van der Waals surface area contributed by atoms with Crippen LogP contribution in [0.1, 0.15) is 10.4 Å². The van der Waals surface area contributed by atoms with Crippen molar-refractivity contribution in [2.24, 2.45) is 0 Å². The van der Waals surface area contributed by atoms with Crippen molar-refractivity contribution in [1.29, 1.82) is 0 Å². The first-order valence-corrected chi connectivity index (χ1v) is 3.53. The molecule has 0 aliphatic rings. The highest BCUT2D eigenvalue weighted by Gasteiger charge is 2.16. The van der Waals surface area contributed by atoms with Crippen LogP contribution in [0.2, 0.25) is 5.02 Å². The molecule has 1 rings (SSSR count). The molecule has 0 saturated carbocycles. The van der Waals surface area contributed by atoms with Crippen LogP contribution in [0.15, 0.2) is 24.3 Å². The predicted molar refractivity (Wildman–Crippen MR) is 43.4 cm³/mol. The molecule has 0 bridgehead atoms. The summed E-state index contributed by atoms with van der Waals surface area (Å²) in [4.78, 5) is 21.1. The Morgan fingerprint density at radius 1 is 1.25 bits per heavy atom. The minimum absolute atomic E-state index is 0.0201. The Morgan fingerprint density at radius 2 is 1.83 bits per heavy atom. The number of aliphatic carboxylic acids is 1. The van der Waals surface area contributed by atoms with Gasteiger partial charge in [-0.15, -0.1) is 0 Å². The van der Waals surface area contributed by atoms with Gasteiger partial charge in [-0.25, -0.2) is 4.79 Å². The highest BCUT2D eigenvalue weighted by molar-refractivity contribution is 6.44. The zero-order valence-electron chi connectivity index (χ0n) is 5.95. The molecule has 1 aromatic rings. The Bertz CT molecular complexity index is 333. The fourth-order valence-corrected chi connectivity index (χ4v) is 0.982. The second-order valence-corrected chi connectivity index (χ2v) is 2.52. The smallest absolute Gasteiger partial charge is 0.377 e. The molecule has 0 atom stereocenters. The summed E-state index contributed by atoms with van der Waals surface area (Å²) < 4.78 is 0. The molecule has 62 valence electrons. The zero-order valence-corrected chi connectivity index (χ0v) is 6.71. The molecule has 12 heavy (non-hydrogen) atoms. The topological polar surface area (TPSA) is 54.4 Å². The molecule has 0 aliphatic heterocycles. The van der Waals surface area contributed by atoms with Crippen molar-refractivity contribution >= 4 is 23.4 Å². The van der Waals surface area contributed by atoms with Crippen molar-refractivity contribution in [2.75, 3.05) is 0 Å². The molecule has 0 fully saturated rings. The first kappa shape index (κ1) is 8.74. The Labute approximate surface area is 73.6 Å². The van der Waals surface area contributed by atoms with Gasteiger partial charge < -0.3 is 5.11 Å². The number of hydrogen-bond donors (Lipinski definition) is 1. The lowest BCUT2D eigenvalue weighted by Gasteiger charge is -1.96. The highest BCUT2D eigenvalue weighted by atomic mass is 35.5. The first-order chi connectivity index (χ1) is 5.63. The first-order valence-electron chi connectivity index (χ1n) is 3.15. The molecule has 1 N–H and O–H groups in total. The van der Waals surface area contributed by atoms with E-state index in [9.17, 15) is 9.59 Å². The quantitative estimate of drug-likeness (QED) is 0.433. The Hall–Kier alpha value is -1.35. The van der Waals surface area contributed by atoms with Crippen LogP contribution in [0.25, 0.3) is 0 Å². The van der Waals surface area contributed by atoms with Crippen LogP contribution in [-0.4, -0.2) is 16.9 Å². The second kappa shape index (κ2) is 3.36. The molecule has 4 heteroatoms. The highest BCUT2D eigenvalue weighted by Crippen LogP contribution is 2.15. The minimum atomic E-state index is -1.50. The van der Waals surface area contributed by atoms with Crippen molar-refractivity contribution in [3.8, 4) is 0 Å². The van der Waals surface area contributed by atoms with Crippen molar-refractivity contribution in [1.82, 2.24) is 0 Å². The second-order valence-electron chi connectivity index (χ2n) is 2.11. The molecule has 0 radical (unpaired) electrons. The number of carboxylic acids is 1. The van der Waals surface area contributed by atoms with E-state index in [0.717, 1.165) is 0 Å². The molecule has 1 aromatic carbocycles. The summed E-state index contributed by atoms with van der Waals surface area (Å²) in [7, 11) is 0. The number of halogens is 1. The van der Waals surface area contributed by atoms with Gasteiger partial charge in [-0.05, 0) is 12.1 Å². The maximum Gasteiger partial charge on any atom is 0.377 e. The normalized spacial score (nSPS) is 9.42. The fourth-order valence-electron chi connectivity index (χ4n) is 0.761. The molecule has 0 saturated heterocycles. The van der Waals surface area contributed by atoms with E-state index >= 15 is 0 Å². The van der Waals surface area contributed by atoms with E-state index < -0.39 is 11.8 Å². The summed E-state index contributed by atoms with van der Waals surface area (Å²) in [6.45, 7) is 0. The van der Waals surface area contributed by atoms with Crippen LogP contribution >= 0.6 is 11.6 Å². The molecule has 0 unspecified atom stereocenters. The van der Waals surface area contributed by atoms with Gasteiger partial charge in [0.15, 0.2) is 0 Å². The summed E-state index contributed by atoms with van der Waals surface area (Å²) in [5.41, 5.74) is 0.0201. The van der Waals surface area contributed by atoms with Gasteiger partial charge in [-0.1, -0.05) is 23.7 Å². The average Bonchev–Trinajstić information content (AvgIpc) is 2.04. The van der Waals surface area contributed by atoms with Gasteiger partial charge in [0.05, 0.1) is 5.02 Å². The Balaban J connectivity index is 3.11. The van der Waals surface area contributed by atoms with Crippen molar-refractivity contribution in [2.45, 2.75) is 0 Å². The van der Waals surface area contributed by atoms with Crippen molar-refractivity contribution < 1.29 is 14.7 Å². The number of hydrogen-bond acceptors (Lipinski definition) is 2. The molecular formula is C8H5ClO3. The lowest BCUT2D eigenvalue weighted by molar-refractivity contribution is -0.131. The van der Waals surface area contributed by atoms with Crippen LogP contribution in [0.3, 0.4) is 0 Å². The van der Waals surface area contributed by atoms with Gasteiger partial charge in [0.2, 0.25) is 0 Å². The van der Waals surface area contributed by atoms with E-state index in [1.165, 1.54) is 12.1 Å². The molecule has 0 aromatic heterocycles. The molecule has 3 nitrogen and oxygen atoms in total. The predicted octanol–water partition coefficient (Wildman–Crippen LogP) is 1.61. The van der Waals surface area contributed by atoms with Gasteiger partial charge in [0, 0.05) is 5.56 Å². The number of carbonyl (C=O) groups is 2. The van der Waals surface area contributed by atoms with Crippen LogP contribution in [0, 0.1) is 0 Å². The Kier molecular flexibility index (Phi) is 2.45. The monoisotopic (exact) mass is 185 g/mol. The third-order valence-electron chi connectivity index (χ3n) is 1.31. The third kappa shape index (κ3) is 1.62. The van der Waals surface area contributed by atoms with Gasteiger partial charge in [0.1, 0.15) is 0 Å². The number of ketones is 1. The molecular weight excluding hydrogens is 181 g/mol. The van der Waals surface area contributed by atoms with Crippen molar-refractivity contribution in [3.05, 3.63) is 34.9 Å². The summed E-state index contributed by atoms with van der Waals surface area (Å²) in [5.74, 6) is -2.48. The fraction of sp³-hybridized carbons (Fsp3) is 0. The maximum absolute atomic E-state index is 10.9. The molecule has 0 spiro atoms. The van der Waals surface area contributed by atoms with Crippen LogP contribution in [0.5, 0.6) is 0 Å². The average molecular weight is 186 g/mol.